The maximum absolute atomic E-state index is 6.26. The minimum absolute atomic E-state index is 0.113. The van der Waals surface area contributed by atoms with Crippen molar-refractivity contribution in [2.45, 2.75) is 33.0 Å². The van der Waals surface area contributed by atoms with Crippen LogP contribution in [0, 0.1) is 6.92 Å². The molecule has 3 heterocycles. The first-order valence-corrected chi connectivity index (χ1v) is 9.30. The number of aromatic nitrogens is 4. The number of rotatable bonds is 3. The molecule has 27 heavy (non-hydrogen) atoms. The van der Waals surface area contributed by atoms with E-state index in [4.69, 9.17) is 21.3 Å². The van der Waals surface area contributed by atoms with Crippen LogP contribution >= 0.6 is 11.6 Å². The van der Waals surface area contributed by atoms with Crippen LogP contribution in [0.3, 0.4) is 0 Å². The van der Waals surface area contributed by atoms with E-state index in [9.17, 15) is 0 Å². The van der Waals surface area contributed by atoms with Gasteiger partial charge in [-0.25, -0.2) is 9.97 Å². The SMILES string of the molecule is Cc1ccc(Nc2nc(N3C[C@@H](C)O[C@H](C)C3)nc3nccnc23)cc1Cl. The third kappa shape index (κ3) is 3.79. The normalized spacial score (nSPS) is 20.1. The van der Waals surface area contributed by atoms with Crippen LogP contribution in [-0.4, -0.2) is 45.2 Å². The Bertz CT molecular complexity index is 972. The maximum Gasteiger partial charge on any atom is 0.229 e. The average molecular weight is 385 g/mol. The molecule has 2 aromatic heterocycles. The van der Waals surface area contributed by atoms with Crippen LogP contribution in [0.25, 0.3) is 11.2 Å². The van der Waals surface area contributed by atoms with Crippen LogP contribution in [0.4, 0.5) is 17.5 Å². The minimum atomic E-state index is 0.113. The van der Waals surface area contributed by atoms with Gasteiger partial charge in [0.1, 0.15) is 0 Å². The fourth-order valence-corrected chi connectivity index (χ4v) is 3.41. The van der Waals surface area contributed by atoms with Crippen LogP contribution in [0.5, 0.6) is 0 Å². The third-order valence-electron chi connectivity index (χ3n) is 4.46. The van der Waals surface area contributed by atoms with Gasteiger partial charge in [0.2, 0.25) is 5.95 Å². The van der Waals surface area contributed by atoms with Crippen molar-refractivity contribution in [3.63, 3.8) is 0 Å². The standard InChI is InChI=1S/C19H21ClN6O/c1-11-4-5-14(8-15(11)20)23-18-16-17(22-7-6-21-16)24-19(25-18)26-9-12(2)27-13(3)10-26/h4-8,12-13H,9-10H2,1-3H3,(H,22,23,24,25)/t12-,13-/m1/s1. The Balaban J connectivity index is 1.75. The summed E-state index contributed by atoms with van der Waals surface area (Å²) >= 11 is 6.26. The van der Waals surface area contributed by atoms with E-state index >= 15 is 0 Å². The summed E-state index contributed by atoms with van der Waals surface area (Å²) in [7, 11) is 0. The number of nitrogens with one attached hydrogen (secondary N) is 1. The summed E-state index contributed by atoms with van der Waals surface area (Å²) in [5.41, 5.74) is 3.03. The Hall–Kier alpha value is -2.51. The molecule has 0 radical (unpaired) electrons. The molecule has 0 bridgehead atoms. The van der Waals surface area contributed by atoms with Crippen molar-refractivity contribution in [1.82, 2.24) is 19.9 Å². The number of nitrogens with zero attached hydrogens (tertiary/aromatic N) is 5. The summed E-state index contributed by atoms with van der Waals surface area (Å²) in [5.74, 6) is 1.22. The van der Waals surface area contributed by atoms with Crippen LogP contribution < -0.4 is 10.2 Å². The zero-order valence-electron chi connectivity index (χ0n) is 15.5. The Morgan fingerprint density at radius 3 is 2.59 bits per heavy atom. The second-order valence-electron chi connectivity index (χ2n) is 6.85. The van der Waals surface area contributed by atoms with Gasteiger partial charge in [-0.1, -0.05) is 17.7 Å². The van der Waals surface area contributed by atoms with Gasteiger partial charge in [0.05, 0.1) is 12.2 Å². The predicted molar refractivity (Wildman–Crippen MR) is 107 cm³/mol. The first-order valence-electron chi connectivity index (χ1n) is 8.92. The lowest BCUT2D eigenvalue weighted by Gasteiger charge is -2.35. The Morgan fingerprint density at radius 1 is 1.11 bits per heavy atom. The van der Waals surface area contributed by atoms with Crippen molar-refractivity contribution in [1.29, 1.82) is 0 Å². The molecule has 0 spiro atoms. The summed E-state index contributed by atoms with van der Waals surface area (Å²) in [6.45, 7) is 7.53. The van der Waals surface area contributed by atoms with E-state index in [0.717, 1.165) is 24.3 Å². The molecule has 1 aliphatic rings. The molecule has 1 N–H and O–H groups in total. The summed E-state index contributed by atoms with van der Waals surface area (Å²) < 4.78 is 5.82. The summed E-state index contributed by atoms with van der Waals surface area (Å²) in [4.78, 5) is 20.3. The second-order valence-corrected chi connectivity index (χ2v) is 7.26. The maximum atomic E-state index is 6.26. The number of ether oxygens (including phenoxy) is 1. The second kappa shape index (κ2) is 7.25. The largest absolute Gasteiger partial charge is 0.372 e. The molecule has 1 aromatic carbocycles. The molecular weight excluding hydrogens is 364 g/mol. The molecular formula is C19H21ClN6O. The van der Waals surface area contributed by atoms with E-state index < -0.39 is 0 Å². The molecule has 4 rings (SSSR count). The summed E-state index contributed by atoms with van der Waals surface area (Å²) in [5, 5.41) is 4.02. The lowest BCUT2D eigenvalue weighted by molar-refractivity contribution is -0.00569. The highest BCUT2D eigenvalue weighted by Gasteiger charge is 2.25. The number of hydrogen-bond donors (Lipinski definition) is 1. The number of anilines is 3. The van der Waals surface area contributed by atoms with Gasteiger partial charge in [0, 0.05) is 36.2 Å². The zero-order chi connectivity index (χ0) is 19.0. The fourth-order valence-electron chi connectivity index (χ4n) is 3.23. The number of fused-ring (bicyclic) bond motifs is 1. The minimum Gasteiger partial charge on any atom is -0.372 e. The molecule has 0 aliphatic carbocycles. The molecule has 1 fully saturated rings. The quantitative estimate of drug-likeness (QED) is 0.737. The Kier molecular flexibility index (Phi) is 4.80. The van der Waals surface area contributed by atoms with E-state index in [2.05, 4.69) is 39.0 Å². The van der Waals surface area contributed by atoms with Crippen LogP contribution in [-0.2, 0) is 4.74 Å². The van der Waals surface area contributed by atoms with Crippen molar-refractivity contribution in [2.75, 3.05) is 23.3 Å². The number of halogens is 1. The highest BCUT2D eigenvalue weighted by molar-refractivity contribution is 6.31. The lowest BCUT2D eigenvalue weighted by atomic mass is 10.2. The van der Waals surface area contributed by atoms with Crippen molar-refractivity contribution in [3.8, 4) is 0 Å². The number of morpholine rings is 1. The van der Waals surface area contributed by atoms with Crippen LogP contribution in [0.2, 0.25) is 5.02 Å². The molecule has 140 valence electrons. The van der Waals surface area contributed by atoms with Gasteiger partial charge in [-0.15, -0.1) is 0 Å². The Labute approximate surface area is 162 Å². The van der Waals surface area contributed by atoms with Gasteiger partial charge in [0.15, 0.2) is 17.0 Å². The van der Waals surface area contributed by atoms with Crippen LogP contribution in [0.15, 0.2) is 30.6 Å². The number of benzene rings is 1. The third-order valence-corrected chi connectivity index (χ3v) is 4.87. The molecule has 1 saturated heterocycles. The van der Waals surface area contributed by atoms with Gasteiger partial charge in [0.25, 0.3) is 0 Å². The molecule has 1 aliphatic heterocycles. The van der Waals surface area contributed by atoms with E-state index in [1.807, 2.05) is 25.1 Å². The topological polar surface area (TPSA) is 76.1 Å². The Morgan fingerprint density at radius 2 is 1.85 bits per heavy atom. The molecule has 2 atom stereocenters. The first kappa shape index (κ1) is 17.9. The average Bonchev–Trinajstić information content (AvgIpc) is 2.64. The highest BCUT2D eigenvalue weighted by Crippen LogP contribution is 2.27. The number of hydrogen-bond acceptors (Lipinski definition) is 7. The van der Waals surface area contributed by atoms with Gasteiger partial charge in [-0.3, -0.25) is 0 Å². The van der Waals surface area contributed by atoms with Crippen molar-refractivity contribution in [3.05, 3.63) is 41.2 Å². The predicted octanol–water partition coefficient (Wildman–Crippen LogP) is 3.74. The molecule has 8 heteroatoms. The lowest BCUT2D eigenvalue weighted by Crippen LogP contribution is -2.46. The van der Waals surface area contributed by atoms with Gasteiger partial charge < -0.3 is 15.0 Å². The molecule has 0 unspecified atom stereocenters. The van der Waals surface area contributed by atoms with Crippen molar-refractivity contribution in [2.24, 2.45) is 0 Å². The van der Waals surface area contributed by atoms with E-state index in [0.29, 0.717) is 28.0 Å². The highest BCUT2D eigenvalue weighted by atomic mass is 35.5. The monoisotopic (exact) mass is 384 g/mol. The van der Waals surface area contributed by atoms with Crippen molar-refractivity contribution < 1.29 is 4.74 Å². The summed E-state index contributed by atoms with van der Waals surface area (Å²) in [6, 6.07) is 5.80. The molecule has 0 amide bonds. The van der Waals surface area contributed by atoms with E-state index in [1.54, 1.807) is 12.4 Å². The molecule has 7 nitrogen and oxygen atoms in total. The van der Waals surface area contributed by atoms with Crippen LogP contribution in [0.1, 0.15) is 19.4 Å². The van der Waals surface area contributed by atoms with E-state index in [-0.39, 0.29) is 12.2 Å². The van der Waals surface area contributed by atoms with Gasteiger partial charge in [-0.05, 0) is 38.5 Å². The zero-order valence-corrected chi connectivity index (χ0v) is 16.2. The molecule has 0 saturated carbocycles. The smallest absolute Gasteiger partial charge is 0.229 e. The van der Waals surface area contributed by atoms with Gasteiger partial charge >= 0.3 is 0 Å². The first-order chi connectivity index (χ1) is 13.0. The number of aryl methyl sites for hydroxylation is 1. The van der Waals surface area contributed by atoms with E-state index in [1.165, 1.54) is 0 Å². The van der Waals surface area contributed by atoms with Crippen molar-refractivity contribution >= 4 is 40.2 Å². The molecule has 3 aromatic rings. The summed E-state index contributed by atoms with van der Waals surface area (Å²) in [6.07, 6.45) is 3.50. The fraction of sp³-hybridized carbons (Fsp3) is 0.368. The van der Waals surface area contributed by atoms with Gasteiger partial charge in [-0.2, -0.15) is 9.97 Å².